The molecule has 0 atom stereocenters. The molecule has 1 aromatic heterocycles. The van der Waals surface area contributed by atoms with Crippen molar-refractivity contribution in [3.8, 4) is 0 Å². The first-order valence-electron chi connectivity index (χ1n) is 7.92. The van der Waals surface area contributed by atoms with Crippen molar-refractivity contribution in [3.05, 3.63) is 76.2 Å². The molecule has 0 aliphatic carbocycles. The number of rotatable bonds is 5. The van der Waals surface area contributed by atoms with Crippen molar-refractivity contribution in [2.24, 2.45) is 0 Å². The van der Waals surface area contributed by atoms with Crippen LogP contribution < -0.4 is 10.0 Å². The number of nitrogens with one attached hydrogen (secondary N) is 2. The van der Waals surface area contributed by atoms with Crippen LogP contribution in [0.1, 0.15) is 16.1 Å². The summed E-state index contributed by atoms with van der Waals surface area (Å²) in [5.41, 5.74) is 0.721. The predicted octanol–water partition coefficient (Wildman–Crippen LogP) is 4.14. The Labute approximate surface area is 171 Å². The Bertz CT molecular complexity index is 1140. The van der Waals surface area contributed by atoms with E-state index in [4.69, 9.17) is 23.2 Å². The number of carbonyl (C=O) groups excluding carboxylic acids is 1. The highest BCUT2D eigenvalue weighted by Crippen LogP contribution is 2.25. The molecule has 0 saturated heterocycles. The van der Waals surface area contributed by atoms with Crippen LogP contribution in [0.3, 0.4) is 0 Å². The first-order valence-corrected chi connectivity index (χ1v) is 10.2. The maximum Gasteiger partial charge on any atom is 0.261 e. The molecule has 0 aliphatic heterocycles. The molecule has 144 valence electrons. The summed E-state index contributed by atoms with van der Waals surface area (Å²) in [6, 6.07) is 9.90. The average Bonchev–Trinajstić information content (AvgIpc) is 2.63. The summed E-state index contributed by atoms with van der Waals surface area (Å²) in [7, 11) is -3.94. The number of nitrogens with zero attached hydrogens (tertiary/aromatic N) is 2. The smallest absolute Gasteiger partial charge is 0.261 e. The van der Waals surface area contributed by atoms with Gasteiger partial charge in [0.1, 0.15) is 0 Å². The van der Waals surface area contributed by atoms with Crippen LogP contribution >= 0.6 is 23.2 Å². The molecule has 1 heterocycles. The van der Waals surface area contributed by atoms with Crippen LogP contribution in [0.25, 0.3) is 0 Å². The molecule has 0 bridgehead atoms. The Kier molecular flexibility index (Phi) is 5.83. The highest BCUT2D eigenvalue weighted by atomic mass is 35.5. The zero-order valence-electron chi connectivity index (χ0n) is 14.5. The number of hydrogen-bond acceptors (Lipinski definition) is 5. The first kappa shape index (κ1) is 20.1. The van der Waals surface area contributed by atoms with E-state index >= 15 is 0 Å². The van der Waals surface area contributed by atoms with Crippen LogP contribution in [0.5, 0.6) is 0 Å². The lowest BCUT2D eigenvalue weighted by Crippen LogP contribution is -2.19. The fourth-order valence-electron chi connectivity index (χ4n) is 2.32. The maximum atomic E-state index is 12.7. The van der Waals surface area contributed by atoms with Crippen LogP contribution in [0.15, 0.2) is 59.8 Å². The molecule has 2 N–H and O–H groups in total. The van der Waals surface area contributed by atoms with E-state index in [0.29, 0.717) is 10.7 Å². The average molecular weight is 437 g/mol. The maximum absolute atomic E-state index is 12.7. The molecule has 10 heteroatoms. The predicted molar refractivity (Wildman–Crippen MR) is 108 cm³/mol. The molecular formula is C18H14Cl2N4O3S. The van der Waals surface area contributed by atoms with Crippen molar-refractivity contribution in [2.45, 2.75) is 11.8 Å². The van der Waals surface area contributed by atoms with E-state index in [-0.39, 0.29) is 27.0 Å². The number of amides is 1. The minimum absolute atomic E-state index is 0.00255. The van der Waals surface area contributed by atoms with Gasteiger partial charge in [-0.3, -0.25) is 14.5 Å². The van der Waals surface area contributed by atoms with Crippen LogP contribution in [0, 0.1) is 6.92 Å². The van der Waals surface area contributed by atoms with Crippen molar-refractivity contribution >= 4 is 50.6 Å². The Morgan fingerprint density at radius 2 is 1.68 bits per heavy atom. The van der Waals surface area contributed by atoms with Gasteiger partial charge in [-0.25, -0.2) is 13.4 Å². The van der Waals surface area contributed by atoms with Crippen LogP contribution in [0.4, 0.5) is 11.5 Å². The zero-order valence-corrected chi connectivity index (χ0v) is 16.8. The van der Waals surface area contributed by atoms with Gasteiger partial charge in [0.05, 0.1) is 28.0 Å². The second-order valence-corrected chi connectivity index (χ2v) is 8.30. The van der Waals surface area contributed by atoms with Crippen molar-refractivity contribution in [3.63, 3.8) is 0 Å². The fourth-order valence-corrected chi connectivity index (χ4v) is 3.70. The lowest BCUT2D eigenvalue weighted by molar-refractivity contribution is 0.102. The van der Waals surface area contributed by atoms with Gasteiger partial charge in [0.2, 0.25) is 0 Å². The molecule has 0 fully saturated rings. The molecule has 0 aliphatic rings. The SMILES string of the molecule is Cc1cncc(NC(=O)c2cc(Cl)ccc2NS(=O)(=O)c2ccc(Cl)cc2)n1. The van der Waals surface area contributed by atoms with Crippen LogP contribution in [-0.2, 0) is 10.0 Å². The van der Waals surface area contributed by atoms with Crippen LogP contribution in [0.2, 0.25) is 10.0 Å². The van der Waals surface area contributed by atoms with Gasteiger partial charge >= 0.3 is 0 Å². The highest BCUT2D eigenvalue weighted by molar-refractivity contribution is 7.92. The number of benzene rings is 2. The zero-order chi connectivity index (χ0) is 20.3. The number of aromatic nitrogens is 2. The summed E-state index contributed by atoms with van der Waals surface area (Å²) in [5, 5.41) is 3.26. The number of hydrogen-bond donors (Lipinski definition) is 2. The van der Waals surface area contributed by atoms with Crippen molar-refractivity contribution < 1.29 is 13.2 Å². The molecule has 2 aromatic carbocycles. The number of sulfonamides is 1. The van der Waals surface area contributed by atoms with E-state index < -0.39 is 15.9 Å². The van der Waals surface area contributed by atoms with E-state index in [0.717, 1.165) is 0 Å². The van der Waals surface area contributed by atoms with Gasteiger partial charge in [-0.1, -0.05) is 23.2 Å². The third-order valence-corrected chi connectivity index (χ3v) is 5.46. The number of halogens is 2. The second-order valence-electron chi connectivity index (χ2n) is 5.75. The molecule has 3 aromatic rings. The van der Waals surface area contributed by atoms with Gasteiger partial charge in [0.25, 0.3) is 15.9 Å². The second kappa shape index (κ2) is 8.14. The number of carbonyl (C=O) groups is 1. The molecule has 1 amide bonds. The number of anilines is 2. The van der Waals surface area contributed by atoms with Gasteiger partial charge in [-0.15, -0.1) is 0 Å². The largest absolute Gasteiger partial charge is 0.305 e. The summed E-state index contributed by atoms with van der Waals surface area (Å²) in [4.78, 5) is 20.8. The summed E-state index contributed by atoms with van der Waals surface area (Å²) in [5.74, 6) is -0.354. The monoisotopic (exact) mass is 436 g/mol. The lowest BCUT2D eigenvalue weighted by atomic mass is 10.1. The summed E-state index contributed by atoms with van der Waals surface area (Å²) in [6.45, 7) is 1.73. The quantitative estimate of drug-likeness (QED) is 0.625. The normalized spacial score (nSPS) is 11.1. The molecule has 7 nitrogen and oxygen atoms in total. The summed E-state index contributed by atoms with van der Waals surface area (Å²) in [6.07, 6.45) is 2.92. The topological polar surface area (TPSA) is 101 Å². The van der Waals surface area contributed by atoms with Gasteiger partial charge in [-0.05, 0) is 49.4 Å². The lowest BCUT2D eigenvalue weighted by Gasteiger charge is -2.13. The molecule has 28 heavy (non-hydrogen) atoms. The highest BCUT2D eigenvalue weighted by Gasteiger charge is 2.20. The first-order chi connectivity index (χ1) is 13.2. The van der Waals surface area contributed by atoms with Gasteiger partial charge in [0, 0.05) is 16.2 Å². The molecule has 0 radical (unpaired) electrons. The van der Waals surface area contributed by atoms with E-state index in [9.17, 15) is 13.2 Å². The minimum atomic E-state index is -3.94. The van der Waals surface area contributed by atoms with Gasteiger partial charge in [-0.2, -0.15) is 0 Å². The summed E-state index contributed by atoms with van der Waals surface area (Å²) >= 11 is 11.8. The Balaban J connectivity index is 1.92. The van der Waals surface area contributed by atoms with E-state index in [1.165, 1.54) is 48.7 Å². The number of aryl methyl sites for hydroxylation is 1. The van der Waals surface area contributed by atoms with E-state index in [2.05, 4.69) is 20.0 Å². The third kappa shape index (κ3) is 4.78. The van der Waals surface area contributed by atoms with Gasteiger partial charge in [0.15, 0.2) is 5.82 Å². The molecule has 0 saturated carbocycles. The minimum Gasteiger partial charge on any atom is -0.305 e. The molecule has 0 spiro atoms. The summed E-state index contributed by atoms with van der Waals surface area (Å²) < 4.78 is 27.7. The third-order valence-electron chi connectivity index (χ3n) is 3.59. The van der Waals surface area contributed by atoms with Crippen molar-refractivity contribution in [1.29, 1.82) is 0 Å². The van der Waals surface area contributed by atoms with E-state index in [1.807, 2.05) is 0 Å². The van der Waals surface area contributed by atoms with E-state index in [1.54, 1.807) is 13.1 Å². The Morgan fingerprint density at radius 1 is 1.00 bits per heavy atom. The fraction of sp³-hybridized carbons (Fsp3) is 0.0556. The Hall–Kier alpha value is -2.68. The Morgan fingerprint density at radius 3 is 2.36 bits per heavy atom. The van der Waals surface area contributed by atoms with Crippen molar-refractivity contribution in [1.82, 2.24) is 9.97 Å². The van der Waals surface area contributed by atoms with Crippen LogP contribution in [-0.4, -0.2) is 24.3 Å². The van der Waals surface area contributed by atoms with Crippen molar-refractivity contribution in [2.75, 3.05) is 10.0 Å². The standard InChI is InChI=1S/C18H14Cl2N4O3S/c1-11-9-21-10-17(22-11)23-18(25)15-8-13(20)4-7-16(15)24-28(26,27)14-5-2-12(19)3-6-14/h2-10,24H,1H3,(H,22,23,25). The molecule has 0 unspecified atom stereocenters. The molecular weight excluding hydrogens is 423 g/mol. The van der Waals surface area contributed by atoms with Gasteiger partial charge < -0.3 is 5.32 Å². The molecule has 3 rings (SSSR count).